The number of aromatic nitrogens is 1. The summed E-state index contributed by atoms with van der Waals surface area (Å²) in [7, 11) is 0. The van der Waals surface area contributed by atoms with Gasteiger partial charge in [0.05, 0.1) is 122 Å². The molecule has 0 bridgehead atoms. The van der Waals surface area contributed by atoms with E-state index in [4.69, 9.17) is 58.6 Å². The topological polar surface area (TPSA) is 485 Å². The maximum atomic E-state index is 13.7. The van der Waals surface area contributed by atoms with Crippen LogP contribution in [0.3, 0.4) is 0 Å². The van der Waals surface area contributed by atoms with Crippen molar-refractivity contribution in [3.05, 3.63) is 118 Å². The van der Waals surface area contributed by atoms with E-state index in [0.29, 0.717) is 78.5 Å². The lowest BCUT2D eigenvalue weighted by Crippen LogP contribution is -2.61. The Labute approximate surface area is 663 Å². The average Bonchev–Trinajstić information content (AvgIpc) is 1.14. The van der Waals surface area contributed by atoms with Crippen molar-refractivity contribution in [2.45, 2.75) is 103 Å². The van der Waals surface area contributed by atoms with E-state index in [9.17, 15) is 80.7 Å². The molecule has 3 aromatic carbocycles. The van der Waals surface area contributed by atoms with Crippen LogP contribution < -0.4 is 52.0 Å². The van der Waals surface area contributed by atoms with E-state index in [-0.39, 0.29) is 185 Å². The quantitative estimate of drug-likeness (QED) is 0.00554. The maximum absolute atomic E-state index is 13.7. The summed E-state index contributed by atoms with van der Waals surface area (Å²) in [6.07, 6.45) is -3.97. The highest BCUT2D eigenvalue weighted by molar-refractivity contribution is 6.08. The van der Waals surface area contributed by atoms with Crippen molar-refractivity contribution < 1.29 is 133 Å². The van der Waals surface area contributed by atoms with Crippen molar-refractivity contribution in [2.24, 2.45) is 21.8 Å². The van der Waals surface area contributed by atoms with E-state index in [2.05, 4.69) is 51.7 Å². The Morgan fingerprint density at radius 1 is 0.681 bits per heavy atom. The number of alkyl carbamates (subject to hydrolysis) is 1. The van der Waals surface area contributed by atoms with Crippen LogP contribution in [0.2, 0.25) is 0 Å². The number of aliphatic hydroxyl groups excluding tert-OH is 3. The summed E-state index contributed by atoms with van der Waals surface area (Å²) < 4.78 is 126. The summed E-state index contributed by atoms with van der Waals surface area (Å²) in [5.41, 5.74) is 16.5. The monoisotopic (exact) mass is 1640 g/mol. The Kier molecular flexibility index (Phi) is 39.5. The molecule has 0 radical (unpaired) electrons. The van der Waals surface area contributed by atoms with Gasteiger partial charge in [0.2, 0.25) is 64.8 Å². The van der Waals surface area contributed by atoms with Gasteiger partial charge >= 0.3 is 18.0 Å². The Morgan fingerprint density at radius 3 is 1.93 bits per heavy atom. The number of fused-ring (bicyclic) bond motifs is 1. The maximum Gasteiger partial charge on any atom is 0.407 e. The second-order valence-electron chi connectivity index (χ2n) is 26.1. The molecule has 3 aliphatic rings. The molecule has 3 aliphatic heterocycles. The number of nitrogens with zero attached hydrogens (tertiary/aromatic N) is 5. The Morgan fingerprint density at radius 2 is 1.30 bits per heavy atom. The third-order valence-corrected chi connectivity index (χ3v) is 17.3. The molecular formula is C75H98F5N13O23. The lowest BCUT2D eigenvalue weighted by molar-refractivity contribution is -0.271. The van der Waals surface area contributed by atoms with Crippen molar-refractivity contribution in [1.29, 1.82) is 5.53 Å². The van der Waals surface area contributed by atoms with Gasteiger partial charge in [-0.3, -0.25) is 28.8 Å². The summed E-state index contributed by atoms with van der Waals surface area (Å²) in [6.45, 7) is 8.28. The normalized spacial score (nSPS) is 16.8. The number of carbonyl (C=O) groups is 8. The summed E-state index contributed by atoms with van der Waals surface area (Å²) >= 11 is 0. The first-order chi connectivity index (χ1) is 55.9. The summed E-state index contributed by atoms with van der Waals surface area (Å²) in [6, 6.07) is 12.6. The Hall–Kier alpha value is -10.5. The third-order valence-electron chi connectivity index (χ3n) is 17.3. The number of amidine groups is 1. The van der Waals surface area contributed by atoms with E-state index in [1.807, 2.05) is 23.6 Å². The van der Waals surface area contributed by atoms with Crippen LogP contribution in [0.15, 0.2) is 82.3 Å². The number of carboxylic acid groups (broad SMARTS) is 1. The average molecular weight is 1640 g/mol. The van der Waals surface area contributed by atoms with Crippen LogP contribution in [-0.2, 0) is 78.0 Å². The number of rotatable bonds is 50. The molecule has 2 unspecified atom stereocenters. The van der Waals surface area contributed by atoms with E-state index in [1.165, 1.54) is 24.4 Å². The van der Waals surface area contributed by atoms with Crippen molar-refractivity contribution in [2.75, 3.05) is 160 Å². The number of hydrogen-bond donors (Lipinski definition) is 12. The number of ether oxygens (including phenoxy) is 11. The smallest absolute Gasteiger partial charge is 0.407 e. The number of anilines is 3. The Balaban J connectivity index is 0.706. The molecule has 4 heterocycles. The molecule has 636 valence electrons. The van der Waals surface area contributed by atoms with Crippen LogP contribution in [0.25, 0.3) is 6.08 Å². The van der Waals surface area contributed by atoms with Crippen molar-refractivity contribution >= 4 is 82.4 Å². The van der Waals surface area contributed by atoms with Gasteiger partial charge in [-0.05, 0) is 73.7 Å². The van der Waals surface area contributed by atoms with Crippen molar-refractivity contribution in [3.63, 3.8) is 0 Å². The number of aliphatic carboxylic acids is 1. The molecule has 2 fully saturated rings. The van der Waals surface area contributed by atoms with Crippen LogP contribution >= 0.6 is 0 Å². The summed E-state index contributed by atoms with van der Waals surface area (Å²) in [4.78, 5) is 115. The first kappa shape index (κ1) is 92.7. The number of carboxylic acids is 1. The second-order valence-corrected chi connectivity index (χ2v) is 26.1. The molecule has 7 rings (SSSR count). The predicted molar refractivity (Wildman–Crippen MR) is 402 cm³/mol. The van der Waals surface area contributed by atoms with Gasteiger partial charge in [0, 0.05) is 100 Å². The van der Waals surface area contributed by atoms with Gasteiger partial charge in [-0.2, -0.15) is 13.9 Å². The number of amides is 6. The largest absolute Gasteiger partial charge is 0.479 e. The van der Waals surface area contributed by atoms with E-state index in [0.717, 1.165) is 12.8 Å². The number of esters is 1. The van der Waals surface area contributed by atoms with E-state index in [1.54, 1.807) is 42.6 Å². The van der Waals surface area contributed by atoms with Gasteiger partial charge in [0.25, 0.3) is 5.91 Å². The molecule has 0 spiro atoms. The molecule has 41 heteroatoms. The highest BCUT2D eigenvalue weighted by Gasteiger charge is 2.48. The third kappa shape index (κ3) is 30.3. The standard InChI is InChI=1S/C75H98F5N13O23/c1-3-20-93(21-4-2)72(102)49-38-47-6-7-48(39-52(47)89-55(81)40-49)71(101)88-50-8-10-56(87-42-50)92-22-12-46(13-23-92)70(100)85-17-18-86-75(105)113-43-45-5-9-54(114-74-67(99)65(97)66(98)69(116-74)73(103)104)53(37-45)90-58(95)11-16-84-57(94)14-24-107-27-28-108-29-30-109-31-32-110-33-34-111-35-36-112-44-51(91-82)41-83-19-26-106-25-15-59(96)115-68-63(79)61(77)60(76)62(78)64(68)80/h5-10,37-39,41-42,46,65-67,69,74,82-83,97-99H,3-4,11-36,40,43-44H2,1-2H3,(H2,81,89)(H,84,94)(H,85,100)(H,86,105)(H,88,101)(H,90,95)(H,103,104)/b51-41-,91-82?/t65-,66?,67?,69-,74+/m0/s1. The number of aliphatic hydroxyl groups is 3. The molecule has 13 N–H and O–H groups in total. The number of piperidine rings is 1. The van der Waals surface area contributed by atoms with Crippen LogP contribution in [0, 0.1) is 40.5 Å². The molecule has 1 aromatic heterocycles. The predicted octanol–water partition coefficient (Wildman–Crippen LogP) is 4.39. The van der Waals surface area contributed by atoms with Gasteiger partial charge in [0.1, 0.15) is 48.0 Å². The number of benzene rings is 3. The van der Waals surface area contributed by atoms with E-state index < -0.39 is 108 Å². The fraction of sp³-hybridized carbons (Fsp3) is 0.520. The zero-order chi connectivity index (χ0) is 83.9. The minimum absolute atomic E-state index is 0.00174. The zero-order valence-electron chi connectivity index (χ0n) is 64.0. The SMILES string of the molecule is CCCN(CCC)C(=O)C1=Cc2ccc(C(=O)Nc3ccc(N4CCC(C(=O)NCCNC(=O)OCc5ccc(O[C@@H]6O[C@H](C(=O)O)C(O)[C@H](O)C6O)c(NC(=O)CCNC(=O)CCOCCOCCOCCOCCOCCOC/C(=C/NCCOCCC(=O)Oc6c(F)c(F)c(F)c(F)c6F)N=N)c5)CC4)nc3)cc2N=C(N)C1. The molecular weight excluding hydrogens is 1550 g/mol. The van der Waals surface area contributed by atoms with E-state index >= 15 is 0 Å². The molecule has 5 atom stereocenters. The number of pyridine rings is 1. The van der Waals surface area contributed by atoms with Gasteiger partial charge in [-0.15, -0.1) is 0 Å². The molecule has 0 aliphatic carbocycles. The molecule has 36 nitrogen and oxygen atoms in total. The molecule has 116 heavy (non-hydrogen) atoms. The van der Waals surface area contributed by atoms with Crippen LogP contribution in [0.1, 0.15) is 86.7 Å². The number of halogens is 5. The summed E-state index contributed by atoms with van der Waals surface area (Å²) in [5, 5.41) is 60.5. The van der Waals surface area contributed by atoms with Crippen LogP contribution in [0.4, 0.5) is 49.6 Å². The van der Waals surface area contributed by atoms with Gasteiger partial charge in [-0.25, -0.2) is 38.3 Å². The minimum Gasteiger partial charge on any atom is -0.479 e. The number of carbonyl (C=O) groups excluding carboxylic acids is 7. The fourth-order valence-corrected chi connectivity index (χ4v) is 11.4. The number of nitrogens with one attached hydrogen (secondary N) is 7. The van der Waals surface area contributed by atoms with Crippen molar-refractivity contribution in [1.82, 2.24) is 31.2 Å². The van der Waals surface area contributed by atoms with Crippen molar-refractivity contribution in [3.8, 4) is 11.5 Å². The minimum atomic E-state index is -2.39. The molecule has 2 saturated heterocycles. The van der Waals surface area contributed by atoms with Crippen LogP contribution in [0.5, 0.6) is 11.5 Å². The summed E-state index contributed by atoms with van der Waals surface area (Å²) in [5.74, 6) is -17.5. The fourth-order valence-electron chi connectivity index (χ4n) is 11.4. The zero-order valence-corrected chi connectivity index (χ0v) is 64.0. The highest BCUT2D eigenvalue weighted by Crippen LogP contribution is 2.34. The van der Waals surface area contributed by atoms with Gasteiger partial charge in [0.15, 0.2) is 6.10 Å². The van der Waals surface area contributed by atoms with Gasteiger partial charge < -0.3 is 120 Å². The molecule has 4 aromatic rings. The first-order valence-corrected chi connectivity index (χ1v) is 37.4. The molecule has 0 saturated carbocycles. The first-order valence-electron chi connectivity index (χ1n) is 37.4. The second kappa shape index (κ2) is 49.4. The number of aliphatic imine (C=N–C) groups is 1. The van der Waals surface area contributed by atoms with Crippen LogP contribution in [-0.4, -0.2) is 259 Å². The lowest BCUT2D eigenvalue weighted by atomic mass is 9.96. The Bertz CT molecular complexity index is 4000. The van der Waals surface area contributed by atoms with Gasteiger partial charge in [-0.1, -0.05) is 26.0 Å². The number of nitrogens with two attached hydrogens (primary N) is 1. The molecule has 6 amide bonds. The number of hydrogen-bond acceptors (Lipinski definition) is 29. The highest BCUT2D eigenvalue weighted by atomic mass is 19.2. The lowest BCUT2D eigenvalue weighted by Gasteiger charge is -2.38.